The van der Waals surface area contributed by atoms with Gasteiger partial charge in [0.1, 0.15) is 11.3 Å². The minimum Gasteiger partial charge on any atom is -0.311 e. The monoisotopic (exact) mass is 308 g/mol. The smallest absolute Gasteiger partial charge is 0.311 e. The number of hydrogen-bond donors (Lipinski definition) is 0. The molecular weight excluding hydrogens is 293 g/mol. The number of alkyl halides is 4. The fourth-order valence-electron chi connectivity index (χ4n) is 2.26. The van der Waals surface area contributed by atoms with Crippen LogP contribution in [0.2, 0.25) is 0 Å². The lowest BCUT2D eigenvalue weighted by Gasteiger charge is -2.12. The molecule has 0 spiro atoms. The number of rotatable bonds is 4. The van der Waals surface area contributed by atoms with E-state index in [1.807, 2.05) is 6.92 Å². The molecule has 0 saturated heterocycles. The normalized spacial score (nSPS) is 14.2. The van der Waals surface area contributed by atoms with E-state index < -0.39 is 18.0 Å². The molecule has 4 nitrogen and oxygen atoms in total. The number of aromatic nitrogens is 4. The fourth-order valence-corrected chi connectivity index (χ4v) is 2.43. The number of hydrogen-bond acceptors (Lipinski definition) is 2. The van der Waals surface area contributed by atoms with Crippen molar-refractivity contribution in [3.8, 4) is 0 Å². The standard InChI is InChI=1S/C12H16ClF3N4/c1-4-8-9-11(19(3)18-8)20(6-5-12(14,15)16)10(17-9)7(2)13/h7H,4-6H2,1-3H3. The van der Waals surface area contributed by atoms with Gasteiger partial charge in [-0.3, -0.25) is 4.68 Å². The van der Waals surface area contributed by atoms with Gasteiger partial charge in [-0.05, 0) is 13.3 Å². The van der Waals surface area contributed by atoms with Crippen LogP contribution in [0.25, 0.3) is 11.2 Å². The highest BCUT2D eigenvalue weighted by Gasteiger charge is 2.29. The van der Waals surface area contributed by atoms with Crippen molar-refractivity contribution in [2.75, 3.05) is 0 Å². The molecule has 1 unspecified atom stereocenters. The van der Waals surface area contributed by atoms with Crippen LogP contribution < -0.4 is 0 Å². The first-order valence-electron chi connectivity index (χ1n) is 6.37. The summed E-state index contributed by atoms with van der Waals surface area (Å²) < 4.78 is 40.5. The van der Waals surface area contributed by atoms with E-state index in [2.05, 4.69) is 10.1 Å². The maximum Gasteiger partial charge on any atom is 0.390 e. The molecule has 2 rings (SSSR count). The summed E-state index contributed by atoms with van der Waals surface area (Å²) in [4.78, 5) is 4.38. The third-order valence-electron chi connectivity index (χ3n) is 3.13. The van der Waals surface area contributed by atoms with E-state index in [1.165, 1.54) is 4.57 Å². The molecule has 0 saturated carbocycles. The molecule has 0 aliphatic heterocycles. The van der Waals surface area contributed by atoms with Crippen LogP contribution in [0.1, 0.15) is 37.2 Å². The van der Waals surface area contributed by atoms with Crippen molar-refractivity contribution >= 4 is 22.8 Å². The summed E-state index contributed by atoms with van der Waals surface area (Å²) in [7, 11) is 1.70. The molecule has 2 aromatic rings. The Kier molecular flexibility index (Phi) is 4.00. The van der Waals surface area contributed by atoms with Gasteiger partial charge in [-0.25, -0.2) is 4.98 Å². The number of halogens is 4. The van der Waals surface area contributed by atoms with Crippen LogP contribution in [0.5, 0.6) is 0 Å². The van der Waals surface area contributed by atoms with E-state index in [-0.39, 0.29) is 6.54 Å². The molecule has 0 bridgehead atoms. The second-order valence-electron chi connectivity index (χ2n) is 4.70. The van der Waals surface area contributed by atoms with Crippen molar-refractivity contribution in [3.05, 3.63) is 11.5 Å². The summed E-state index contributed by atoms with van der Waals surface area (Å²) in [6.07, 6.45) is -4.46. The molecule has 1 atom stereocenters. The molecular formula is C12H16ClF3N4. The predicted molar refractivity (Wildman–Crippen MR) is 70.8 cm³/mol. The molecule has 20 heavy (non-hydrogen) atoms. The topological polar surface area (TPSA) is 35.6 Å². The summed E-state index contributed by atoms with van der Waals surface area (Å²) in [5.41, 5.74) is 2.00. The second kappa shape index (κ2) is 5.27. The van der Waals surface area contributed by atoms with Gasteiger partial charge in [0.2, 0.25) is 0 Å². The average Bonchev–Trinajstić information content (AvgIpc) is 2.84. The quantitative estimate of drug-likeness (QED) is 0.809. The highest BCUT2D eigenvalue weighted by molar-refractivity contribution is 6.20. The zero-order valence-electron chi connectivity index (χ0n) is 11.5. The van der Waals surface area contributed by atoms with Crippen LogP contribution in [0.3, 0.4) is 0 Å². The highest BCUT2D eigenvalue weighted by atomic mass is 35.5. The van der Waals surface area contributed by atoms with Crippen LogP contribution in [0.15, 0.2) is 0 Å². The Labute approximate surface area is 119 Å². The van der Waals surface area contributed by atoms with Crippen molar-refractivity contribution < 1.29 is 13.2 Å². The Morgan fingerprint density at radius 1 is 1.35 bits per heavy atom. The Morgan fingerprint density at radius 3 is 2.50 bits per heavy atom. The van der Waals surface area contributed by atoms with E-state index in [0.717, 1.165) is 5.69 Å². The minimum absolute atomic E-state index is 0.199. The first kappa shape index (κ1) is 15.2. The number of imidazole rings is 1. The Morgan fingerprint density at radius 2 is 2.00 bits per heavy atom. The van der Waals surface area contributed by atoms with Crippen molar-refractivity contribution in [2.24, 2.45) is 7.05 Å². The molecule has 0 radical (unpaired) electrons. The van der Waals surface area contributed by atoms with E-state index >= 15 is 0 Å². The Hall–Kier alpha value is -1.24. The second-order valence-corrected chi connectivity index (χ2v) is 5.35. The van der Waals surface area contributed by atoms with E-state index in [0.29, 0.717) is 23.4 Å². The van der Waals surface area contributed by atoms with Gasteiger partial charge in [0.25, 0.3) is 0 Å². The molecule has 2 heterocycles. The first-order chi connectivity index (χ1) is 9.24. The Bertz CT molecular complexity index is 612. The number of fused-ring (bicyclic) bond motifs is 1. The third kappa shape index (κ3) is 2.77. The molecule has 8 heteroatoms. The molecule has 0 amide bonds. The van der Waals surface area contributed by atoms with Gasteiger partial charge in [-0.15, -0.1) is 11.6 Å². The summed E-state index contributed by atoms with van der Waals surface area (Å²) in [6.45, 7) is 3.43. The van der Waals surface area contributed by atoms with Gasteiger partial charge in [0.05, 0.1) is 17.5 Å². The SMILES string of the molecule is CCc1nn(C)c2c1nc(C(C)Cl)n2CCC(F)(F)F. The fraction of sp³-hybridized carbons (Fsp3) is 0.667. The highest BCUT2D eigenvalue weighted by Crippen LogP contribution is 2.29. The van der Waals surface area contributed by atoms with Crippen molar-refractivity contribution in [3.63, 3.8) is 0 Å². The molecule has 112 valence electrons. The van der Waals surface area contributed by atoms with E-state index in [9.17, 15) is 13.2 Å². The van der Waals surface area contributed by atoms with Crippen molar-refractivity contribution in [1.29, 1.82) is 0 Å². The lowest BCUT2D eigenvalue weighted by molar-refractivity contribution is -0.136. The number of nitrogens with zero attached hydrogens (tertiary/aromatic N) is 4. The maximum atomic E-state index is 12.5. The van der Waals surface area contributed by atoms with Crippen LogP contribution in [0, 0.1) is 0 Å². The predicted octanol–water partition coefficient (Wildman–Crippen LogP) is 3.58. The van der Waals surface area contributed by atoms with Crippen LogP contribution in [-0.2, 0) is 20.0 Å². The zero-order valence-corrected chi connectivity index (χ0v) is 12.3. The van der Waals surface area contributed by atoms with E-state index in [4.69, 9.17) is 11.6 Å². The van der Waals surface area contributed by atoms with E-state index in [1.54, 1.807) is 18.7 Å². The first-order valence-corrected chi connectivity index (χ1v) is 6.81. The summed E-state index contributed by atoms with van der Waals surface area (Å²) in [5.74, 6) is 0.452. The summed E-state index contributed by atoms with van der Waals surface area (Å²) in [5, 5.41) is 3.82. The third-order valence-corrected chi connectivity index (χ3v) is 3.33. The van der Waals surface area contributed by atoms with Gasteiger partial charge >= 0.3 is 6.18 Å². The van der Waals surface area contributed by atoms with Gasteiger partial charge in [-0.2, -0.15) is 18.3 Å². The van der Waals surface area contributed by atoms with Crippen LogP contribution >= 0.6 is 11.6 Å². The molecule has 0 aromatic carbocycles. The molecule has 0 aliphatic carbocycles. The Balaban J connectivity index is 2.53. The molecule has 0 fully saturated rings. The lowest BCUT2D eigenvalue weighted by atomic mass is 10.3. The maximum absolute atomic E-state index is 12.5. The zero-order chi connectivity index (χ0) is 15.1. The van der Waals surface area contributed by atoms with Crippen LogP contribution in [-0.4, -0.2) is 25.5 Å². The molecule has 0 aliphatic rings. The molecule has 2 aromatic heterocycles. The summed E-state index contributed by atoms with van der Waals surface area (Å²) in [6, 6.07) is 0. The van der Waals surface area contributed by atoms with Gasteiger partial charge in [0, 0.05) is 13.6 Å². The lowest BCUT2D eigenvalue weighted by Crippen LogP contribution is -2.15. The largest absolute Gasteiger partial charge is 0.390 e. The van der Waals surface area contributed by atoms with Gasteiger partial charge in [0.15, 0.2) is 5.65 Å². The summed E-state index contributed by atoms with van der Waals surface area (Å²) >= 11 is 6.04. The minimum atomic E-state index is -4.21. The van der Waals surface area contributed by atoms with Crippen LogP contribution in [0.4, 0.5) is 13.2 Å². The molecule has 0 N–H and O–H groups in total. The van der Waals surface area contributed by atoms with Crippen molar-refractivity contribution in [1.82, 2.24) is 19.3 Å². The number of aryl methyl sites for hydroxylation is 3. The van der Waals surface area contributed by atoms with Crippen molar-refractivity contribution in [2.45, 2.75) is 44.8 Å². The van der Waals surface area contributed by atoms with Gasteiger partial charge in [-0.1, -0.05) is 6.92 Å². The van der Waals surface area contributed by atoms with Gasteiger partial charge < -0.3 is 4.57 Å². The average molecular weight is 309 g/mol.